The monoisotopic (exact) mass is 257 g/mol. The van der Waals surface area contributed by atoms with Crippen LogP contribution in [0.2, 0.25) is 0 Å². The highest BCUT2D eigenvalue weighted by atomic mass is 16.6. The van der Waals surface area contributed by atoms with Crippen LogP contribution in [0, 0.1) is 10.1 Å². The Morgan fingerprint density at radius 2 is 2.00 bits per heavy atom. The number of aliphatic hydroxyl groups is 2. The number of carboxylic acids is 1. The van der Waals surface area contributed by atoms with E-state index in [0.717, 1.165) is 18.2 Å². The summed E-state index contributed by atoms with van der Waals surface area (Å²) in [4.78, 5) is 20.1. The fraction of sp³-hybridized carbons (Fsp3) is 0.300. The highest BCUT2D eigenvalue weighted by Crippen LogP contribution is 2.30. The molecule has 0 heterocycles. The van der Waals surface area contributed by atoms with Crippen LogP contribution in [0.1, 0.15) is 18.1 Å². The second kappa shape index (κ2) is 5.43. The number of carboxylic acid groups (broad SMARTS) is 1. The number of nitrogens with zero attached hydrogens (tertiary/aromatic N) is 1. The standard InChI is InChI=1S/C10H11NO7/c12-7-2-1-5(11(17)18)3-6(7)10(16)8(13)4-9(14)15/h1-3,8,10,12-13,16H,4H2,(H,14,15). The van der Waals surface area contributed by atoms with E-state index in [4.69, 9.17) is 5.11 Å². The molecule has 0 fully saturated rings. The lowest BCUT2D eigenvalue weighted by molar-refractivity contribution is -0.385. The predicted molar refractivity (Wildman–Crippen MR) is 58.0 cm³/mol. The molecule has 0 aliphatic rings. The third-order valence-corrected chi connectivity index (χ3v) is 2.29. The highest BCUT2D eigenvalue weighted by Gasteiger charge is 2.25. The fourth-order valence-corrected chi connectivity index (χ4v) is 1.39. The smallest absolute Gasteiger partial charge is 0.306 e. The minimum Gasteiger partial charge on any atom is -0.508 e. The maximum Gasteiger partial charge on any atom is 0.306 e. The van der Waals surface area contributed by atoms with Gasteiger partial charge in [0.05, 0.1) is 17.4 Å². The number of hydrogen-bond acceptors (Lipinski definition) is 6. The zero-order chi connectivity index (χ0) is 13.9. The number of nitro benzene ring substituents is 1. The number of aromatic hydroxyl groups is 1. The maximum absolute atomic E-state index is 10.5. The van der Waals surface area contributed by atoms with Crippen LogP contribution in [0.3, 0.4) is 0 Å². The maximum atomic E-state index is 10.5. The lowest BCUT2D eigenvalue weighted by Crippen LogP contribution is -2.21. The third-order valence-electron chi connectivity index (χ3n) is 2.29. The van der Waals surface area contributed by atoms with Gasteiger partial charge in [0.2, 0.25) is 0 Å². The molecular weight excluding hydrogens is 246 g/mol. The van der Waals surface area contributed by atoms with Gasteiger partial charge in [-0.3, -0.25) is 14.9 Å². The number of aliphatic hydroxyl groups excluding tert-OH is 2. The van der Waals surface area contributed by atoms with Crippen LogP contribution in [-0.2, 0) is 4.79 Å². The average molecular weight is 257 g/mol. The molecule has 2 unspecified atom stereocenters. The molecule has 98 valence electrons. The summed E-state index contributed by atoms with van der Waals surface area (Å²) in [6.07, 6.45) is -4.14. The van der Waals surface area contributed by atoms with E-state index in [0.29, 0.717) is 0 Å². The zero-order valence-corrected chi connectivity index (χ0v) is 9.05. The minimum absolute atomic E-state index is 0.294. The first-order chi connectivity index (χ1) is 8.32. The Bertz CT molecular complexity index is 473. The molecule has 0 aliphatic heterocycles. The van der Waals surface area contributed by atoms with Gasteiger partial charge in [-0.1, -0.05) is 0 Å². The molecule has 0 radical (unpaired) electrons. The SMILES string of the molecule is O=C(O)CC(O)C(O)c1cc([N+](=O)[O-])ccc1O. The van der Waals surface area contributed by atoms with E-state index in [1.807, 2.05) is 0 Å². The molecule has 0 aliphatic carbocycles. The number of non-ortho nitro benzene ring substituents is 1. The lowest BCUT2D eigenvalue weighted by Gasteiger charge is -2.17. The van der Waals surface area contributed by atoms with Crippen molar-refractivity contribution in [2.24, 2.45) is 0 Å². The van der Waals surface area contributed by atoms with Crippen molar-refractivity contribution in [2.45, 2.75) is 18.6 Å². The van der Waals surface area contributed by atoms with Gasteiger partial charge in [0, 0.05) is 17.7 Å². The van der Waals surface area contributed by atoms with Gasteiger partial charge in [0.1, 0.15) is 11.9 Å². The molecule has 1 aromatic rings. The lowest BCUT2D eigenvalue weighted by atomic mass is 10.0. The van der Waals surface area contributed by atoms with Crippen LogP contribution in [0.5, 0.6) is 5.75 Å². The van der Waals surface area contributed by atoms with E-state index < -0.39 is 35.3 Å². The quantitative estimate of drug-likeness (QED) is 0.435. The molecule has 0 aromatic heterocycles. The largest absolute Gasteiger partial charge is 0.508 e. The summed E-state index contributed by atoms with van der Waals surface area (Å²) in [6, 6.07) is 2.89. The molecule has 18 heavy (non-hydrogen) atoms. The van der Waals surface area contributed by atoms with Crippen LogP contribution in [0.4, 0.5) is 5.69 Å². The van der Waals surface area contributed by atoms with Gasteiger partial charge in [0.15, 0.2) is 0 Å². The normalized spacial score (nSPS) is 13.9. The van der Waals surface area contributed by atoms with Crippen molar-refractivity contribution in [3.05, 3.63) is 33.9 Å². The number of phenolic OH excluding ortho intramolecular Hbond substituents is 1. The molecule has 8 nitrogen and oxygen atoms in total. The van der Waals surface area contributed by atoms with Crippen molar-refractivity contribution in [1.82, 2.24) is 0 Å². The van der Waals surface area contributed by atoms with E-state index >= 15 is 0 Å². The molecule has 0 amide bonds. The van der Waals surface area contributed by atoms with Gasteiger partial charge in [0.25, 0.3) is 5.69 Å². The van der Waals surface area contributed by atoms with Crippen molar-refractivity contribution in [2.75, 3.05) is 0 Å². The van der Waals surface area contributed by atoms with Crippen LogP contribution >= 0.6 is 0 Å². The first-order valence-corrected chi connectivity index (χ1v) is 4.88. The molecule has 1 rings (SSSR count). The number of phenols is 1. The number of hydrogen-bond donors (Lipinski definition) is 4. The molecule has 1 aromatic carbocycles. The van der Waals surface area contributed by atoms with E-state index in [1.165, 1.54) is 0 Å². The average Bonchev–Trinajstić information content (AvgIpc) is 2.27. The van der Waals surface area contributed by atoms with E-state index in [-0.39, 0.29) is 11.3 Å². The second-order valence-electron chi connectivity index (χ2n) is 3.61. The van der Waals surface area contributed by atoms with Crippen LogP contribution in [0.25, 0.3) is 0 Å². The molecule has 0 bridgehead atoms. The van der Waals surface area contributed by atoms with E-state index in [9.17, 15) is 30.2 Å². The Hall–Kier alpha value is -2.19. The Morgan fingerprint density at radius 3 is 2.50 bits per heavy atom. The Balaban J connectivity index is 3.03. The predicted octanol–water partition coefficient (Wildman–Crippen LogP) is 0.169. The van der Waals surface area contributed by atoms with E-state index in [2.05, 4.69) is 0 Å². The summed E-state index contributed by atoms with van der Waals surface area (Å²) in [5, 5.41) is 47.4. The molecule has 0 spiro atoms. The van der Waals surface area contributed by atoms with Gasteiger partial charge in [-0.2, -0.15) is 0 Å². The van der Waals surface area contributed by atoms with E-state index in [1.54, 1.807) is 0 Å². The molecule has 0 saturated carbocycles. The Kier molecular flexibility index (Phi) is 4.18. The van der Waals surface area contributed by atoms with Crippen molar-refractivity contribution >= 4 is 11.7 Å². The summed E-state index contributed by atoms with van der Waals surface area (Å²) >= 11 is 0. The van der Waals surface area contributed by atoms with Gasteiger partial charge >= 0.3 is 5.97 Å². The van der Waals surface area contributed by atoms with Gasteiger partial charge < -0.3 is 20.4 Å². The van der Waals surface area contributed by atoms with Gasteiger partial charge in [-0.05, 0) is 6.07 Å². The number of rotatable bonds is 5. The summed E-state index contributed by atoms with van der Waals surface area (Å²) in [5.74, 6) is -1.80. The molecule has 2 atom stereocenters. The third kappa shape index (κ3) is 3.15. The molecule has 4 N–H and O–H groups in total. The Labute approximate surface area is 101 Å². The topological polar surface area (TPSA) is 141 Å². The molecule has 0 saturated heterocycles. The van der Waals surface area contributed by atoms with Crippen molar-refractivity contribution < 1.29 is 30.1 Å². The summed E-state index contributed by atoms with van der Waals surface area (Å²) < 4.78 is 0. The van der Waals surface area contributed by atoms with Gasteiger partial charge in [-0.25, -0.2) is 0 Å². The summed E-state index contributed by atoms with van der Waals surface area (Å²) in [5.41, 5.74) is -0.678. The number of nitro groups is 1. The number of benzene rings is 1. The number of aliphatic carboxylic acids is 1. The summed E-state index contributed by atoms with van der Waals surface area (Å²) in [7, 11) is 0. The zero-order valence-electron chi connectivity index (χ0n) is 9.05. The Morgan fingerprint density at radius 1 is 1.39 bits per heavy atom. The van der Waals surface area contributed by atoms with Crippen LogP contribution in [0.15, 0.2) is 18.2 Å². The minimum atomic E-state index is -1.72. The second-order valence-corrected chi connectivity index (χ2v) is 3.61. The molecular formula is C10H11NO7. The van der Waals surface area contributed by atoms with Crippen molar-refractivity contribution in [3.63, 3.8) is 0 Å². The first kappa shape index (κ1) is 13.9. The van der Waals surface area contributed by atoms with Gasteiger partial charge in [-0.15, -0.1) is 0 Å². The highest BCUT2D eigenvalue weighted by molar-refractivity contribution is 5.67. The fourth-order valence-electron chi connectivity index (χ4n) is 1.39. The summed E-state index contributed by atoms with van der Waals surface area (Å²) in [6.45, 7) is 0. The van der Waals surface area contributed by atoms with Crippen molar-refractivity contribution in [3.8, 4) is 5.75 Å². The van der Waals surface area contributed by atoms with Crippen molar-refractivity contribution in [1.29, 1.82) is 0 Å². The van der Waals surface area contributed by atoms with Crippen LogP contribution in [-0.4, -0.2) is 37.4 Å². The van der Waals surface area contributed by atoms with Crippen LogP contribution < -0.4 is 0 Å². The number of carbonyl (C=O) groups is 1. The molecule has 8 heteroatoms. The first-order valence-electron chi connectivity index (χ1n) is 4.88.